The van der Waals surface area contributed by atoms with E-state index in [4.69, 9.17) is 11.6 Å². The van der Waals surface area contributed by atoms with Crippen LogP contribution in [0.1, 0.15) is 18.9 Å². The molecule has 0 unspecified atom stereocenters. The standard InChI is InChI=1S/C10H10ClNO3/c1-2-9(13)5-7-3-4-8(12(14)15)6-10(7)11/h3-4,6H,2,5H2,1H3. The molecule has 4 nitrogen and oxygen atoms in total. The van der Waals surface area contributed by atoms with E-state index < -0.39 is 4.92 Å². The Morgan fingerprint density at radius 1 is 1.53 bits per heavy atom. The van der Waals surface area contributed by atoms with Crippen molar-refractivity contribution in [2.45, 2.75) is 19.8 Å². The van der Waals surface area contributed by atoms with E-state index in [9.17, 15) is 14.9 Å². The number of nitro groups is 1. The number of benzene rings is 1. The number of non-ortho nitro benzene ring substituents is 1. The van der Waals surface area contributed by atoms with Crippen LogP contribution < -0.4 is 0 Å². The lowest BCUT2D eigenvalue weighted by Crippen LogP contribution is -2.01. The molecule has 0 heterocycles. The van der Waals surface area contributed by atoms with Gasteiger partial charge in [0.1, 0.15) is 5.78 Å². The van der Waals surface area contributed by atoms with Gasteiger partial charge in [-0.1, -0.05) is 24.6 Å². The van der Waals surface area contributed by atoms with Gasteiger partial charge in [0.05, 0.1) is 9.95 Å². The minimum Gasteiger partial charge on any atom is -0.299 e. The maximum absolute atomic E-state index is 11.2. The predicted octanol–water partition coefficient (Wildman–Crippen LogP) is 2.77. The van der Waals surface area contributed by atoms with Crippen molar-refractivity contribution in [3.63, 3.8) is 0 Å². The third-order valence-electron chi connectivity index (χ3n) is 2.03. The number of Topliss-reactive ketones (excluding diaryl/α,β-unsaturated/α-hetero) is 1. The van der Waals surface area contributed by atoms with Crippen LogP contribution in [-0.2, 0) is 11.2 Å². The first-order valence-electron chi connectivity index (χ1n) is 4.49. The molecular weight excluding hydrogens is 218 g/mol. The summed E-state index contributed by atoms with van der Waals surface area (Å²) >= 11 is 5.82. The molecular formula is C10H10ClNO3. The van der Waals surface area contributed by atoms with Gasteiger partial charge in [-0.15, -0.1) is 0 Å². The van der Waals surface area contributed by atoms with Gasteiger partial charge in [0, 0.05) is 25.0 Å². The fourth-order valence-electron chi connectivity index (χ4n) is 1.13. The van der Waals surface area contributed by atoms with Gasteiger partial charge in [0.2, 0.25) is 0 Å². The zero-order valence-electron chi connectivity index (χ0n) is 8.20. The molecule has 1 rings (SSSR count). The van der Waals surface area contributed by atoms with Gasteiger partial charge in [-0.3, -0.25) is 14.9 Å². The van der Waals surface area contributed by atoms with Gasteiger partial charge in [0.25, 0.3) is 5.69 Å². The molecule has 0 atom stereocenters. The van der Waals surface area contributed by atoms with Crippen LogP contribution in [0.3, 0.4) is 0 Å². The van der Waals surface area contributed by atoms with Crippen molar-refractivity contribution >= 4 is 23.1 Å². The summed E-state index contributed by atoms with van der Waals surface area (Å²) in [5.41, 5.74) is 0.571. The average molecular weight is 228 g/mol. The second-order valence-corrected chi connectivity index (χ2v) is 3.51. The zero-order valence-corrected chi connectivity index (χ0v) is 8.95. The lowest BCUT2D eigenvalue weighted by molar-refractivity contribution is -0.384. The highest BCUT2D eigenvalue weighted by molar-refractivity contribution is 6.31. The van der Waals surface area contributed by atoms with Gasteiger partial charge in [-0.05, 0) is 5.56 Å². The van der Waals surface area contributed by atoms with E-state index in [1.54, 1.807) is 6.92 Å². The maximum Gasteiger partial charge on any atom is 0.270 e. The summed E-state index contributed by atoms with van der Waals surface area (Å²) in [6, 6.07) is 4.14. The second-order valence-electron chi connectivity index (χ2n) is 3.10. The SMILES string of the molecule is CCC(=O)Cc1ccc([N+](=O)[O-])cc1Cl. The Kier molecular flexibility index (Phi) is 3.80. The molecule has 0 fully saturated rings. The summed E-state index contributed by atoms with van der Waals surface area (Å²) in [6.45, 7) is 1.77. The van der Waals surface area contributed by atoms with Crippen molar-refractivity contribution in [1.82, 2.24) is 0 Å². The monoisotopic (exact) mass is 227 g/mol. The highest BCUT2D eigenvalue weighted by Gasteiger charge is 2.11. The van der Waals surface area contributed by atoms with Crippen LogP contribution >= 0.6 is 11.6 Å². The van der Waals surface area contributed by atoms with E-state index >= 15 is 0 Å². The molecule has 0 bridgehead atoms. The lowest BCUT2D eigenvalue weighted by atomic mass is 10.1. The number of hydrogen-bond acceptors (Lipinski definition) is 3. The smallest absolute Gasteiger partial charge is 0.270 e. The number of nitrogens with zero attached hydrogens (tertiary/aromatic N) is 1. The lowest BCUT2D eigenvalue weighted by Gasteiger charge is -2.01. The van der Waals surface area contributed by atoms with Gasteiger partial charge in [-0.2, -0.15) is 0 Å². The Morgan fingerprint density at radius 2 is 2.20 bits per heavy atom. The number of rotatable bonds is 4. The Morgan fingerprint density at radius 3 is 2.67 bits per heavy atom. The number of hydrogen-bond donors (Lipinski definition) is 0. The van der Waals surface area contributed by atoms with E-state index in [-0.39, 0.29) is 22.9 Å². The third kappa shape index (κ3) is 3.02. The number of carbonyl (C=O) groups excluding carboxylic acids is 1. The van der Waals surface area contributed by atoms with Crippen LogP contribution in [0.2, 0.25) is 5.02 Å². The van der Waals surface area contributed by atoms with Gasteiger partial charge >= 0.3 is 0 Å². The summed E-state index contributed by atoms with van der Waals surface area (Å²) in [5.74, 6) is 0.0609. The summed E-state index contributed by atoms with van der Waals surface area (Å²) in [4.78, 5) is 21.1. The highest BCUT2D eigenvalue weighted by Crippen LogP contribution is 2.23. The molecule has 0 saturated carbocycles. The fraction of sp³-hybridized carbons (Fsp3) is 0.300. The molecule has 0 aliphatic rings. The number of halogens is 1. The fourth-order valence-corrected chi connectivity index (χ4v) is 1.37. The summed E-state index contributed by atoms with van der Waals surface area (Å²) in [6.07, 6.45) is 0.667. The van der Waals surface area contributed by atoms with E-state index in [1.165, 1.54) is 18.2 Å². The Hall–Kier alpha value is -1.42. The van der Waals surface area contributed by atoms with Crippen molar-refractivity contribution < 1.29 is 9.72 Å². The molecule has 80 valence electrons. The van der Waals surface area contributed by atoms with Crippen LogP contribution in [0.15, 0.2) is 18.2 Å². The highest BCUT2D eigenvalue weighted by atomic mass is 35.5. The molecule has 0 N–H and O–H groups in total. The van der Waals surface area contributed by atoms with Crippen molar-refractivity contribution in [2.75, 3.05) is 0 Å². The third-order valence-corrected chi connectivity index (χ3v) is 2.38. The summed E-state index contributed by atoms with van der Waals surface area (Å²) < 4.78 is 0. The van der Waals surface area contributed by atoms with Gasteiger partial charge < -0.3 is 0 Å². The molecule has 0 aliphatic heterocycles. The van der Waals surface area contributed by atoms with Crippen molar-refractivity contribution in [1.29, 1.82) is 0 Å². The van der Waals surface area contributed by atoms with E-state index in [0.717, 1.165) is 0 Å². The van der Waals surface area contributed by atoms with E-state index in [1.807, 2.05) is 0 Å². The Bertz CT molecular complexity index is 404. The first-order chi connectivity index (χ1) is 7.04. The largest absolute Gasteiger partial charge is 0.299 e. The normalized spacial score (nSPS) is 10.0. The molecule has 0 spiro atoms. The first-order valence-corrected chi connectivity index (χ1v) is 4.87. The van der Waals surface area contributed by atoms with Crippen LogP contribution in [0.25, 0.3) is 0 Å². The minimum atomic E-state index is -0.517. The number of ketones is 1. The van der Waals surface area contributed by atoms with Gasteiger partial charge in [0.15, 0.2) is 0 Å². The Balaban J connectivity index is 2.93. The Labute approximate surface area is 92.0 Å². The molecule has 0 saturated heterocycles. The molecule has 0 radical (unpaired) electrons. The predicted molar refractivity (Wildman–Crippen MR) is 57.1 cm³/mol. The first kappa shape index (κ1) is 11.7. The van der Waals surface area contributed by atoms with Gasteiger partial charge in [-0.25, -0.2) is 0 Å². The van der Waals surface area contributed by atoms with Crippen LogP contribution in [0.5, 0.6) is 0 Å². The van der Waals surface area contributed by atoms with Crippen LogP contribution in [0, 0.1) is 10.1 Å². The average Bonchev–Trinajstić information content (AvgIpc) is 2.20. The molecule has 0 aliphatic carbocycles. The summed E-state index contributed by atoms with van der Waals surface area (Å²) in [5, 5.41) is 10.7. The maximum atomic E-state index is 11.2. The topological polar surface area (TPSA) is 60.2 Å². The molecule has 1 aromatic carbocycles. The molecule has 15 heavy (non-hydrogen) atoms. The molecule has 0 amide bonds. The number of nitro benzene ring substituents is 1. The van der Waals surface area contributed by atoms with Crippen molar-refractivity contribution in [3.05, 3.63) is 38.9 Å². The van der Waals surface area contributed by atoms with Crippen molar-refractivity contribution in [3.8, 4) is 0 Å². The second kappa shape index (κ2) is 4.89. The molecule has 0 aromatic heterocycles. The van der Waals surface area contributed by atoms with Crippen molar-refractivity contribution in [2.24, 2.45) is 0 Å². The molecule has 1 aromatic rings. The van der Waals surface area contributed by atoms with Crippen LogP contribution in [-0.4, -0.2) is 10.7 Å². The molecule has 5 heteroatoms. The van der Waals surface area contributed by atoms with Crippen LogP contribution in [0.4, 0.5) is 5.69 Å². The summed E-state index contributed by atoms with van der Waals surface area (Å²) in [7, 11) is 0. The quantitative estimate of drug-likeness (QED) is 0.587. The van der Waals surface area contributed by atoms with E-state index in [0.29, 0.717) is 12.0 Å². The van der Waals surface area contributed by atoms with E-state index in [2.05, 4.69) is 0 Å². The zero-order chi connectivity index (χ0) is 11.4. The minimum absolute atomic E-state index is 0.0609. The number of carbonyl (C=O) groups is 1.